The number of aromatic nitrogens is 4. The number of rotatable bonds is 6. The second-order valence-corrected chi connectivity index (χ2v) is 10.5. The lowest BCUT2D eigenvalue weighted by Gasteiger charge is -2.33. The number of nitrogens with zero attached hydrogens (tertiary/aromatic N) is 6. The topological polar surface area (TPSA) is 105 Å². The summed E-state index contributed by atoms with van der Waals surface area (Å²) in [6.45, 7) is 5.70. The summed E-state index contributed by atoms with van der Waals surface area (Å²) in [7, 11) is 0. The predicted molar refractivity (Wildman–Crippen MR) is 153 cm³/mol. The van der Waals surface area contributed by atoms with Crippen LogP contribution in [-0.2, 0) is 6.42 Å². The molecule has 2 aromatic carbocycles. The Morgan fingerprint density at radius 1 is 0.974 bits per heavy atom. The molecule has 0 unspecified atom stereocenters. The summed E-state index contributed by atoms with van der Waals surface area (Å²) < 4.78 is 1.18. The molecule has 0 bridgehead atoms. The molecule has 2 aromatic heterocycles. The van der Waals surface area contributed by atoms with Gasteiger partial charge in [-0.25, -0.2) is 14.3 Å². The standard InChI is InChI=1S/C27H28Cl2N8O/c28-20-6-3-7-21(29)23(20)37-24(30)19-16-31-26(33-25(19)34-27(37)38)32-18-8-9-22-17(15-18)5-4-12-36(22)14-13-35-10-1-2-11-35/h3,6-9,15-16H,1-2,4-5,10-14,30H2,(H,32,33,34,38). The number of nitrogens with one attached hydrogen (secondary N) is 1. The van der Waals surface area contributed by atoms with Crippen LogP contribution in [0.5, 0.6) is 0 Å². The van der Waals surface area contributed by atoms with Gasteiger partial charge < -0.3 is 20.9 Å². The van der Waals surface area contributed by atoms with Crippen LogP contribution in [0.4, 0.5) is 23.1 Å². The van der Waals surface area contributed by atoms with Gasteiger partial charge in [0, 0.05) is 37.2 Å². The van der Waals surface area contributed by atoms with Gasteiger partial charge >= 0.3 is 5.69 Å². The van der Waals surface area contributed by atoms with Gasteiger partial charge in [-0.3, -0.25) is 0 Å². The third-order valence-electron chi connectivity index (χ3n) is 7.27. The van der Waals surface area contributed by atoms with Crippen LogP contribution in [0.2, 0.25) is 10.0 Å². The van der Waals surface area contributed by atoms with Crippen molar-refractivity contribution in [2.24, 2.45) is 0 Å². The molecule has 4 heterocycles. The number of nitrogen functional groups attached to an aromatic ring is 1. The van der Waals surface area contributed by atoms with Gasteiger partial charge in [0.15, 0.2) is 5.65 Å². The predicted octanol–water partition coefficient (Wildman–Crippen LogP) is 4.66. The molecule has 196 valence electrons. The van der Waals surface area contributed by atoms with Crippen molar-refractivity contribution in [3.63, 3.8) is 0 Å². The van der Waals surface area contributed by atoms with Gasteiger partial charge in [0.1, 0.15) is 5.82 Å². The number of nitrogens with two attached hydrogens (primary N) is 1. The number of para-hydroxylation sites is 1. The molecule has 0 aliphatic carbocycles. The van der Waals surface area contributed by atoms with Crippen LogP contribution in [-0.4, -0.2) is 57.1 Å². The molecule has 6 rings (SSSR count). The van der Waals surface area contributed by atoms with Gasteiger partial charge in [0.05, 0.1) is 21.1 Å². The number of anilines is 4. The molecule has 2 aliphatic heterocycles. The lowest BCUT2D eigenvalue weighted by Crippen LogP contribution is -2.36. The van der Waals surface area contributed by atoms with E-state index in [0.717, 1.165) is 38.2 Å². The highest BCUT2D eigenvalue weighted by Crippen LogP contribution is 2.32. The van der Waals surface area contributed by atoms with E-state index in [2.05, 4.69) is 42.2 Å². The van der Waals surface area contributed by atoms with E-state index in [-0.39, 0.29) is 27.2 Å². The average Bonchev–Trinajstić information content (AvgIpc) is 3.42. The van der Waals surface area contributed by atoms with Crippen molar-refractivity contribution in [1.29, 1.82) is 0 Å². The van der Waals surface area contributed by atoms with Crippen LogP contribution in [0.25, 0.3) is 16.7 Å². The third kappa shape index (κ3) is 4.77. The van der Waals surface area contributed by atoms with E-state index in [1.54, 1.807) is 24.4 Å². The highest BCUT2D eigenvalue weighted by atomic mass is 35.5. The molecule has 4 aromatic rings. The summed E-state index contributed by atoms with van der Waals surface area (Å²) in [6, 6.07) is 11.3. The van der Waals surface area contributed by atoms with Gasteiger partial charge in [-0.15, -0.1) is 0 Å². The maximum atomic E-state index is 12.9. The molecule has 2 aliphatic rings. The highest BCUT2D eigenvalue weighted by Gasteiger charge is 2.20. The van der Waals surface area contributed by atoms with Crippen molar-refractivity contribution >= 4 is 57.4 Å². The zero-order chi connectivity index (χ0) is 26.2. The van der Waals surface area contributed by atoms with Gasteiger partial charge in [-0.05, 0) is 74.7 Å². The van der Waals surface area contributed by atoms with E-state index < -0.39 is 5.69 Å². The van der Waals surface area contributed by atoms with Gasteiger partial charge in [-0.2, -0.15) is 9.97 Å². The van der Waals surface area contributed by atoms with Crippen molar-refractivity contribution < 1.29 is 0 Å². The molecule has 11 heteroatoms. The Kier molecular flexibility index (Phi) is 6.82. The number of likely N-dealkylation sites (tertiary alicyclic amines) is 1. The number of aryl methyl sites for hydroxylation is 1. The summed E-state index contributed by atoms with van der Waals surface area (Å²) in [5.74, 6) is 0.448. The molecule has 0 saturated carbocycles. The average molecular weight is 551 g/mol. The fraction of sp³-hybridized carbons (Fsp3) is 0.333. The monoisotopic (exact) mass is 550 g/mol. The van der Waals surface area contributed by atoms with E-state index in [9.17, 15) is 4.79 Å². The van der Waals surface area contributed by atoms with E-state index in [1.807, 2.05) is 6.07 Å². The highest BCUT2D eigenvalue weighted by molar-refractivity contribution is 6.37. The van der Waals surface area contributed by atoms with Crippen LogP contribution < -0.4 is 21.6 Å². The Labute approximate surface area is 230 Å². The molecule has 1 fully saturated rings. The van der Waals surface area contributed by atoms with E-state index in [1.165, 1.54) is 41.7 Å². The minimum Gasteiger partial charge on any atom is -0.384 e. The van der Waals surface area contributed by atoms with Crippen molar-refractivity contribution in [1.82, 2.24) is 24.4 Å². The summed E-state index contributed by atoms with van der Waals surface area (Å²) in [6.07, 6.45) is 6.35. The number of halogens is 2. The zero-order valence-corrected chi connectivity index (χ0v) is 22.3. The van der Waals surface area contributed by atoms with Crippen molar-refractivity contribution in [3.8, 4) is 5.69 Å². The Hall–Kier alpha value is -3.40. The maximum Gasteiger partial charge on any atom is 0.355 e. The Morgan fingerprint density at radius 3 is 2.55 bits per heavy atom. The van der Waals surface area contributed by atoms with Crippen LogP contribution in [0.1, 0.15) is 24.8 Å². The smallest absolute Gasteiger partial charge is 0.355 e. The number of benzene rings is 2. The molecule has 38 heavy (non-hydrogen) atoms. The minimum absolute atomic E-state index is 0.115. The largest absolute Gasteiger partial charge is 0.384 e. The molecule has 0 amide bonds. The van der Waals surface area contributed by atoms with Crippen LogP contribution >= 0.6 is 23.2 Å². The normalized spacial score (nSPS) is 15.7. The Bertz CT molecular complexity index is 1550. The molecular formula is C27H28Cl2N8O. The lowest BCUT2D eigenvalue weighted by atomic mass is 10.0. The first-order valence-electron chi connectivity index (χ1n) is 12.8. The first-order valence-corrected chi connectivity index (χ1v) is 13.6. The molecular weight excluding hydrogens is 523 g/mol. The molecule has 9 nitrogen and oxygen atoms in total. The molecule has 0 radical (unpaired) electrons. The summed E-state index contributed by atoms with van der Waals surface area (Å²) in [5.41, 5.74) is 9.68. The number of hydrogen-bond donors (Lipinski definition) is 2. The lowest BCUT2D eigenvalue weighted by molar-refractivity contribution is 0.343. The summed E-state index contributed by atoms with van der Waals surface area (Å²) in [5, 5.41) is 4.25. The quantitative estimate of drug-likeness (QED) is 0.357. The zero-order valence-electron chi connectivity index (χ0n) is 20.8. The van der Waals surface area contributed by atoms with Crippen LogP contribution in [0, 0.1) is 0 Å². The maximum absolute atomic E-state index is 12.9. The second-order valence-electron chi connectivity index (χ2n) is 9.72. The molecule has 3 N–H and O–H groups in total. The third-order valence-corrected chi connectivity index (χ3v) is 7.88. The molecule has 0 spiro atoms. The molecule has 0 atom stereocenters. The van der Waals surface area contributed by atoms with Crippen molar-refractivity contribution in [2.45, 2.75) is 25.7 Å². The fourth-order valence-electron chi connectivity index (χ4n) is 5.36. The number of fused-ring (bicyclic) bond motifs is 2. The van der Waals surface area contributed by atoms with E-state index in [4.69, 9.17) is 28.9 Å². The Balaban J connectivity index is 1.25. The first kappa shape index (κ1) is 24.9. The van der Waals surface area contributed by atoms with Crippen LogP contribution in [0.15, 0.2) is 47.4 Å². The van der Waals surface area contributed by atoms with Gasteiger partial charge in [0.25, 0.3) is 0 Å². The first-order chi connectivity index (χ1) is 18.5. The minimum atomic E-state index is -0.627. The summed E-state index contributed by atoms with van der Waals surface area (Å²) >= 11 is 12.6. The van der Waals surface area contributed by atoms with Gasteiger partial charge in [0.2, 0.25) is 5.95 Å². The van der Waals surface area contributed by atoms with Crippen molar-refractivity contribution in [3.05, 3.63) is 68.7 Å². The summed E-state index contributed by atoms with van der Waals surface area (Å²) in [4.78, 5) is 31.0. The van der Waals surface area contributed by atoms with E-state index >= 15 is 0 Å². The second kappa shape index (κ2) is 10.4. The van der Waals surface area contributed by atoms with Crippen molar-refractivity contribution in [2.75, 3.05) is 48.7 Å². The van der Waals surface area contributed by atoms with Gasteiger partial charge in [-0.1, -0.05) is 29.3 Å². The molecule has 1 saturated heterocycles. The van der Waals surface area contributed by atoms with Crippen LogP contribution in [0.3, 0.4) is 0 Å². The number of hydrogen-bond acceptors (Lipinski definition) is 8. The Morgan fingerprint density at radius 2 is 1.76 bits per heavy atom. The SMILES string of the molecule is Nc1c2cnc(Nc3ccc4c(c3)CCCN4CCN3CCCC3)nc2nc(=O)n1-c1c(Cl)cccc1Cl. The fourth-order valence-corrected chi connectivity index (χ4v) is 5.93. The van der Waals surface area contributed by atoms with E-state index in [0.29, 0.717) is 11.3 Å².